The van der Waals surface area contributed by atoms with Crippen LogP contribution >= 0.6 is 0 Å². The van der Waals surface area contributed by atoms with E-state index < -0.39 is 6.10 Å². The highest BCUT2D eigenvalue weighted by Crippen LogP contribution is 2.16. The lowest BCUT2D eigenvalue weighted by atomic mass is 10.0. The lowest BCUT2D eigenvalue weighted by molar-refractivity contribution is -0.167. The molecule has 0 radical (unpaired) electrons. The van der Waals surface area contributed by atoms with Gasteiger partial charge in [-0.2, -0.15) is 0 Å². The van der Waals surface area contributed by atoms with Crippen LogP contribution in [0.2, 0.25) is 0 Å². The van der Waals surface area contributed by atoms with Crippen molar-refractivity contribution in [1.29, 1.82) is 0 Å². The van der Waals surface area contributed by atoms with Gasteiger partial charge in [0.15, 0.2) is 6.10 Å². The molecule has 0 aromatic heterocycles. The van der Waals surface area contributed by atoms with Crippen molar-refractivity contribution in [3.05, 3.63) is 134 Å². The Morgan fingerprint density at radius 1 is 0.259 bits per heavy atom. The van der Waals surface area contributed by atoms with Gasteiger partial charge in [0.1, 0.15) is 13.2 Å². The summed E-state index contributed by atoms with van der Waals surface area (Å²) in [5, 5.41) is 0. The Kier molecular flexibility index (Phi) is 64.3. The fraction of sp³-hybridized carbons (Fsp3) is 0.667. The van der Waals surface area contributed by atoms with Gasteiger partial charge in [-0.3, -0.25) is 14.4 Å². The number of hydrogen-bond donors (Lipinski definition) is 0. The second-order valence-corrected chi connectivity index (χ2v) is 22.0. The molecule has 81 heavy (non-hydrogen) atoms. The molecule has 0 aliphatic carbocycles. The van der Waals surface area contributed by atoms with E-state index in [-0.39, 0.29) is 31.1 Å². The van der Waals surface area contributed by atoms with Crippen LogP contribution in [0.5, 0.6) is 0 Å². The molecule has 6 heteroatoms. The first-order chi connectivity index (χ1) is 40.0. The quantitative estimate of drug-likeness (QED) is 0.0261. The fourth-order valence-electron chi connectivity index (χ4n) is 9.14. The molecule has 6 nitrogen and oxygen atoms in total. The van der Waals surface area contributed by atoms with Crippen molar-refractivity contribution in [3.8, 4) is 0 Å². The Balaban J connectivity index is 4.24. The number of allylic oxidation sites excluding steroid dienone is 22. The summed E-state index contributed by atoms with van der Waals surface area (Å²) < 4.78 is 16.9. The molecule has 1 atom stereocenters. The number of carbonyl (C=O) groups excluding carboxylic acids is 3. The largest absolute Gasteiger partial charge is 0.462 e. The molecule has 0 rings (SSSR count). The highest BCUT2D eigenvalue weighted by Gasteiger charge is 2.19. The number of carbonyl (C=O) groups is 3. The predicted molar refractivity (Wildman–Crippen MR) is 353 cm³/mol. The van der Waals surface area contributed by atoms with Crippen LogP contribution in [0.15, 0.2) is 134 Å². The third-order valence-corrected chi connectivity index (χ3v) is 14.1. The summed E-state index contributed by atoms with van der Waals surface area (Å²) in [6, 6.07) is 0. The van der Waals surface area contributed by atoms with E-state index in [2.05, 4.69) is 154 Å². The number of rotatable bonds is 60. The molecule has 0 fully saturated rings. The van der Waals surface area contributed by atoms with Crippen molar-refractivity contribution >= 4 is 17.9 Å². The summed E-state index contributed by atoms with van der Waals surface area (Å²) in [5.41, 5.74) is 0. The van der Waals surface area contributed by atoms with E-state index in [4.69, 9.17) is 14.2 Å². The second kappa shape index (κ2) is 68.1. The molecule has 0 saturated carbocycles. The van der Waals surface area contributed by atoms with Gasteiger partial charge in [-0.05, 0) is 135 Å². The van der Waals surface area contributed by atoms with Crippen molar-refractivity contribution in [3.63, 3.8) is 0 Å². The third-order valence-electron chi connectivity index (χ3n) is 14.1. The molecule has 0 aliphatic heterocycles. The van der Waals surface area contributed by atoms with Gasteiger partial charge in [0.05, 0.1) is 0 Å². The molecule has 0 saturated heterocycles. The maximum Gasteiger partial charge on any atom is 0.306 e. The Hall–Kier alpha value is -4.45. The molecule has 460 valence electrons. The highest BCUT2D eigenvalue weighted by molar-refractivity contribution is 5.71. The highest BCUT2D eigenvalue weighted by atomic mass is 16.6. The molecule has 0 aromatic rings. The molecule has 0 spiro atoms. The standard InChI is InChI=1S/C75H124O6/c1-4-7-10-13-16-19-22-25-27-29-30-31-32-33-34-35-36-37-38-39-40-41-42-43-44-46-47-50-53-56-59-62-65-68-74(77)80-71-72(70-79-73(76)67-64-61-58-55-52-49-24-21-18-15-12-9-6-3)81-75(78)69-66-63-60-57-54-51-48-45-28-26-23-20-17-14-11-8-5-2/h7,9-10,12,16-21,25-28,30-31,33-34,36-37,49,52,72H,4-6,8,11,13-15,22-24,29,32,35,38-48,50-51,53-71H2,1-3H3/b10-7-,12-9-,19-16-,20-17-,21-18-,27-25-,28-26-,31-30-,34-33-,37-36-,52-49-. The Bertz CT molecular complexity index is 1720. The summed E-state index contributed by atoms with van der Waals surface area (Å²) in [6.07, 6.45) is 96.2. The molecule has 1 unspecified atom stereocenters. The van der Waals surface area contributed by atoms with Crippen molar-refractivity contribution in [1.82, 2.24) is 0 Å². The van der Waals surface area contributed by atoms with Crippen LogP contribution in [0.1, 0.15) is 303 Å². The summed E-state index contributed by atoms with van der Waals surface area (Å²) >= 11 is 0. The molecule has 0 aromatic carbocycles. The lowest BCUT2D eigenvalue weighted by Gasteiger charge is -2.18. The van der Waals surface area contributed by atoms with Gasteiger partial charge < -0.3 is 14.2 Å². The van der Waals surface area contributed by atoms with E-state index in [0.29, 0.717) is 19.3 Å². The lowest BCUT2D eigenvalue weighted by Crippen LogP contribution is -2.30. The molecular weight excluding hydrogens is 997 g/mol. The average Bonchev–Trinajstić information content (AvgIpc) is 3.46. The van der Waals surface area contributed by atoms with Crippen LogP contribution in [-0.4, -0.2) is 37.2 Å². The number of ether oxygens (including phenoxy) is 3. The van der Waals surface area contributed by atoms with E-state index in [1.54, 1.807) is 0 Å². The monoisotopic (exact) mass is 1120 g/mol. The first-order valence-corrected chi connectivity index (χ1v) is 33.7. The van der Waals surface area contributed by atoms with Gasteiger partial charge in [0.2, 0.25) is 0 Å². The Morgan fingerprint density at radius 3 is 0.765 bits per heavy atom. The van der Waals surface area contributed by atoms with E-state index in [9.17, 15) is 14.4 Å². The first-order valence-electron chi connectivity index (χ1n) is 33.7. The second-order valence-electron chi connectivity index (χ2n) is 22.0. The normalized spacial score (nSPS) is 13.0. The topological polar surface area (TPSA) is 78.9 Å². The fourth-order valence-corrected chi connectivity index (χ4v) is 9.14. The molecule has 0 aliphatic rings. The zero-order chi connectivity index (χ0) is 58.5. The minimum absolute atomic E-state index is 0.0924. The summed E-state index contributed by atoms with van der Waals surface area (Å²) in [6.45, 7) is 6.37. The van der Waals surface area contributed by atoms with Gasteiger partial charge in [-0.1, -0.05) is 283 Å². The number of esters is 3. The minimum Gasteiger partial charge on any atom is -0.462 e. The van der Waals surface area contributed by atoms with Gasteiger partial charge in [-0.15, -0.1) is 0 Å². The van der Waals surface area contributed by atoms with Crippen LogP contribution in [0, 0.1) is 0 Å². The van der Waals surface area contributed by atoms with Crippen LogP contribution in [0.4, 0.5) is 0 Å². The third kappa shape index (κ3) is 66.2. The maximum atomic E-state index is 12.9. The van der Waals surface area contributed by atoms with E-state index >= 15 is 0 Å². The van der Waals surface area contributed by atoms with Crippen molar-refractivity contribution in [2.24, 2.45) is 0 Å². The van der Waals surface area contributed by atoms with Gasteiger partial charge in [-0.25, -0.2) is 0 Å². The summed E-state index contributed by atoms with van der Waals surface area (Å²) in [7, 11) is 0. The molecule has 0 heterocycles. The maximum absolute atomic E-state index is 12.9. The van der Waals surface area contributed by atoms with Crippen LogP contribution < -0.4 is 0 Å². The van der Waals surface area contributed by atoms with E-state index in [1.165, 1.54) is 128 Å². The first kappa shape index (κ1) is 76.5. The molecular formula is C75H124O6. The zero-order valence-corrected chi connectivity index (χ0v) is 52.8. The van der Waals surface area contributed by atoms with Crippen molar-refractivity contribution in [2.75, 3.05) is 13.2 Å². The predicted octanol–water partition coefficient (Wildman–Crippen LogP) is 23.3. The van der Waals surface area contributed by atoms with Crippen molar-refractivity contribution in [2.45, 2.75) is 309 Å². The molecule has 0 amide bonds. The molecule has 0 bridgehead atoms. The SMILES string of the molecule is CC/C=C\C/C=C\C/C=C\C/C=C\C/C=C\C/C=C\CCCCCCCCCCCCCCCCC(=O)OCC(COC(=O)CCCCC/C=C\C/C=C\C/C=C\CC)OC(=O)CCCCCCCCC/C=C\C/C=C\CCCCC. The van der Waals surface area contributed by atoms with E-state index in [0.717, 1.165) is 135 Å². The summed E-state index contributed by atoms with van der Waals surface area (Å²) in [4.78, 5) is 38.3. The number of hydrogen-bond acceptors (Lipinski definition) is 6. The van der Waals surface area contributed by atoms with Crippen LogP contribution in [0.25, 0.3) is 0 Å². The molecule has 0 N–H and O–H groups in total. The van der Waals surface area contributed by atoms with Gasteiger partial charge in [0.25, 0.3) is 0 Å². The zero-order valence-electron chi connectivity index (χ0n) is 52.8. The average molecular weight is 1120 g/mol. The minimum atomic E-state index is -0.798. The van der Waals surface area contributed by atoms with Gasteiger partial charge >= 0.3 is 17.9 Å². The van der Waals surface area contributed by atoms with Crippen molar-refractivity contribution < 1.29 is 28.6 Å². The number of unbranched alkanes of at least 4 members (excludes halogenated alkanes) is 27. The smallest absolute Gasteiger partial charge is 0.306 e. The van der Waals surface area contributed by atoms with E-state index in [1.807, 2.05) is 0 Å². The van der Waals surface area contributed by atoms with Gasteiger partial charge in [0, 0.05) is 19.3 Å². The summed E-state index contributed by atoms with van der Waals surface area (Å²) in [5.74, 6) is -0.926. The Morgan fingerprint density at radius 2 is 0.481 bits per heavy atom. The van der Waals surface area contributed by atoms with Crippen LogP contribution in [0.3, 0.4) is 0 Å². The Labute approximate surface area is 500 Å². The van der Waals surface area contributed by atoms with Crippen LogP contribution in [-0.2, 0) is 28.6 Å².